The number of ether oxygens (including phenoxy) is 1. The number of nitrogen functional groups attached to an aromatic ring is 1. The van der Waals surface area contributed by atoms with Gasteiger partial charge in [-0.05, 0) is 43.1 Å². The van der Waals surface area contributed by atoms with Gasteiger partial charge in [-0.15, -0.1) is 0 Å². The highest BCUT2D eigenvalue weighted by atomic mass is 35.5. The van der Waals surface area contributed by atoms with Crippen LogP contribution in [0.3, 0.4) is 0 Å². The van der Waals surface area contributed by atoms with Gasteiger partial charge in [0.1, 0.15) is 11.4 Å². The van der Waals surface area contributed by atoms with E-state index in [1.165, 1.54) is 7.11 Å². The Labute approximate surface area is 156 Å². The molecule has 0 spiro atoms. The molecular formula is C18H19ClN4O3. The molecule has 1 aliphatic heterocycles. The zero-order valence-electron chi connectivity index (χ0n) is 14.7. The summed E-state index contributed by atoms with van der Waals surface area (Å²) < 4.78 is 4.85. The third-order valence-corrected chi connectivity index (χ3v) is 4.78. The van der Waals surface area contributed by atoms with Crippen LogP contribution >= 0.6 is 11.6 Å². The summed E-state index contributed by atoms with van der Waals surface area (Å²) in [5, 5.41) is 0.0388. The van der Waals surface area contributed by atoms with Gasteiger partial charge in [-0.25, -0.2) is 9.97 Å². The highest BCUT2D eigenvalue weighted by molar-refractivity contribution is 6.28. The zero-order chi connectivity index (χ0) is 19.1. The lowest BCUT2D eigenvalue weighted by Crippen LogP contribution is -2.39. The number of hydrogen-bond donors (Lipinski definition) is 1. The molecule has 0 unspecified atom stereocenters. The van der Waals surface area contributed by atoms with Crippen molar-refractivity contribution in [3.05, 3.63) is 46.4 Å². The fourth-order valence-corrected chi connectivity index (χ4v) is 3.23. The molecule has 7 nitrogen and oxygen atoms in total. The molecule has 3 rings (SSSR count). The lowest BCUT2D eigenvalue weighted by atomic mass is 9.84. The number of halogens is 1. The van der Waals surface area contributed by atoms with Gasteiger partial charge in [0, 0.05) is 18.7 Å². The van der Waals surface area contributed by atoms with Crippen molar-refractivity contribution in [3.63, 3.8) is 0 Å². The van der Waals surface area contributed by atoms with Crippen molar-refractivity contribution in [2.45, 2.75) is 25.7 Å². The Morgan fingerprint density at radius 2 is 1.92 bits per heavy atom. The van der Waals surface area contributed by atoms with Crippen LogP contribution in [0.4, 0.5) is 11.5 Å². The van der Waals surface area contributed by atoms with Gasteiger partial charge in [0.2, 0.25) is 5.28 Å². The van der Waals surface area contributed by atoms with Gasteiger partial charge in [0.05, 0.1) is 18.2 Å². The van der Waals surface area contributed by atoms with Crippen LogP contribution in [-0.4, -0.2) is 35.5 Å². The van der Waals surface area contributed by atoms with E-state index < -0.39 is 5.41 Å². The predicted octanol–water partition coefficient (Wildman–Crippen LogP) is 2.37. The molecule has 2 N–H and O–H groups in total. The summed E-state index contributed by atoms with van der Waals surface area (Å²) in [5.41, 5.74) is 7.45. The summed E-state index contributed by atoms with van der Waals surface area (Å²) in [6.45, 7) is 4.04. The number of carbonyl (C=O) groups excluding carboxylic acids is 2. The number of carbonyl (C=O) groups is 2. The summed E-state index contributed by atoms with van der Waals surface area (Å²) in [7, 11) is 1.36. The Morgan fingerprint density at radius 1 is 1.27 bits per heavy atom. The number of hydrogen-bond acceptors (Lipinski definition) is 6. The van der Waals surface area contributed by atoms with Gasteiger partial charge in [0.25, 0.3) is 5.91 Å². The molecule has 0 aliphatic carbocycles. The van der Waals surface area contributed by atoms with Crippen LogP contribution in [-0.2, 0) is 21.4 Å². The summed E-state index contributed by atoms with van der Waals surface area (Å²) in [6, 6.07) is 7.24. The second-order valence-electron chi connectivity index (χ2n) is 6.57. The molecule has 0 radical (unpaired) electrons. The van der Waals surface area contributed by atoms with Crippen LogP contribution in [0, 0.1) is 0 Å². The molecule has 1 aliphatic rings. The van der Waals surface area contributed by atoms with Crippen LogP contribution in [0.25, 0.3) is 0 Å². The lowest BCUT2D eigenvalue weighted by Gasteiger charge is -2.29. The maximum absolute atomic E-state index is 12.8. The number of nitrogens with zero attached hydrogens (tertiary/aromatic N) is 3. The van der Waals surface area contributed by atoms with E-state index in [2.05, 4.69) is 9.97 Å². The first-order valence-corrected chi connectivity index (χ1v) is 8.46. The summed E-state index contributed by atoms with van der Waals surface area (Å²) >= 11 is 5.82. The van der Waals surface area contributed by atoms with Crippen molar-refractivity contribution < 1.29 is 14.3 Å². The number of benzene rings is 1. The van der Waals surface area contributed by atoms with Gasteiger partial charge < -0.3 is 15.4 Å². The number of amides is 1. The molecule has 2 aromatic rings. The molecule has 1 aromatic carbocycles. The molecule has 1 aromatic heterocycles. The minimum atomic E-state index is -0.777. The summed E-state index contributed by atoms with van der Waals surface area (Å²) in [6.07, 6.45) is 0.531. The fourth-order valence-electron chi connectivity index (χ4n) is 3.04. The van der Waals surface area contributed by atoms with Gasteiger partial charge in [-0.1, -0.05) is 12.1 Å². The van der Waals surface area contributed by atoms with Crippen LogP contribution < -0.4 is 10.6 Å². The van der Waals surface area contributed by atoms with Crippen LogP contribution in [0.1, 0.15) is 35.5 Å². The van der Waals surface area contributed by atoms with Crippen molar-refractivity contribution in [1.29, 1.82) is 0 Å². The van der Waals surface area contributed by atoms with E-state index in [1.54, 1.807) is 30.9 Å². The van der Waals surface area contributed by atoms with E-state index in [9.17, 15) is 9.59 Å². The standard InChI is InChI=1S/C18H19ClN4O3/c1-18(2,16(25)26-3)10-4-6-11(7-5-10)23-9-8-12-13(15(23)24)14(20)22-17(19)21-12/h4-7H,8-9H2,1-3H3,(H2,20,21,22). The SMILES string of the molecule is COC(=O)C(C)(C)c1ccc(N2CCc3nc(Cl)nc(N)c3C2=O)cc1. The molecule has 0 fully saturated rings. The third kappa shape index (κ3) is 2.99. The second-order valence-corrected chi connectivity index (χ2v) is 6.91. The molecule has 0 atom stereocenters. The van der Waals surface area contributed by atoms with Gasteiger partial charge in [0.15, 0.2) is 0 Å². The minimum Gasteiger partial charge on any atom is -0.468 e. The van der Waals surface area contributed by atoms with Crippen LogP contribution in [0.5, 0.6) is 0 Å². The smallest absolute Gasteiger partial charge is 0.315 e. The third-order valence-electron chi connectivity index (χ3n) is 4.61. The van der Waals surface area contributed by atoms with Crippen molar-refractivity contribution in [2.75, 3.05) is 24.3 Å². The monoisotopic (exact) mass is 374 g/mol. The molecule has 0 bridgehead atoms. The highest BCUT2D eigenvalue weighted by Gasteiger charge is 2.32. The van der Waals surface area contributed by atoms with E-state index in [-0.39, 0.29) is 23.0 Å². The van der Waals surface area contributed by atoms with Crippen LogP contribution in [0.15, 0.2) is 24.3 Å². The van der Waals surface area contributed by atoms with E-state index in [0.29, 0.717) is 29.9 Å². The Bertz CT molecular complexity index is 881. The van der Waals surface area contributed by atoms with E-state index in [4.69, 9.17) is 22.1 Å². The Balaban J connectivity index is 1.91. The van der Waals surface area contributed by atoms with E-state index in [0.717, 1.165) is 5.56 Å². The van der Waals surface area contributed by atoms with Crippen molar-refractivity contribution in [3.8, 4) is 0 Å². The predicted molar refractivity (Wildman–Crippen MR) is 98.3 cm³/mol. The number of esters is 1. The zero-order valence-corrected chi connectivity index (χ0v) is 15.5. The van der Waals surface area contributed by atoms with Gasteiger partial charge in [-0.2, -0.15) is 0 Å². The fraction of sp³-hybridized carbons (Fsp3) is 0.333. The van der Waals surface area contributed by atoms with Crippen LogP contribution in [0.2, 0.25) is 5.28 Å². The Kier molecular flexibility index (Phi) is 4.58. The first-order chi connectivity index (χ1) is 12.3. The maximum atomic E-state index is 12.8. The molecule has 0 saturated heterocycles. The molecule has 2 heterocycles. The lowest BCUT2D eigenvalue weighted by molar-refractivity contribution is -0.146. The van der Waals surface area contributed by atoms with Gasteiger partial charge in [-0.3, -0.25) is 9.59 Å². The van der Waals surface area contributed by atoms with E-state index in [1.807, 2.05) is 12.1 Å². The number of anilines is 2. The van der Waals surface area contributed by atoms with Crippen molar-refractivity contribution in [1.82, 2.24) is 9.97 Å². The number of fused-ring (bicyclic) bond motifs is 1. The molecule has 26 heavy (non-hydrogen) atoms. The normalized spacial score (nSPS) is 14.2. The molecular weight excluding hydrogens is 356 g/mol. The average molecular weight is 375 g/mol. The van der Waals surface area contributed by atoms with Gasteiger partial charge >= 0.3 is 5.97 Å². The maximum Gasteiger partial charge on any atom is 0.315 e. The average Bonchev–Trinajstić information content (AvgIpc) is 2.60. The second kappa shape index (κ2) is 6.57. The molecule has 1 amide bonds. The highest BCUT2D eigenvalue weighted by Crippen LogP contribution is 2.30. The summed E-state index contributed by atoms with van der Waals surface area (Å²) in [4.78, 5) is 34.4. The number of methoxy groups -OCH3 is 1. The number of rotatable bonds is 3. The number of aromatic nitrogens is 2. The summed E-state index contributed by atoms with van der Waals surface area (Å²) in [5.74, 6) is -0.506. The molecule has 136 valence electrons. The first-order valence-electron chi connectivity index (χ1n) is 8.08. The number of nitrogens with two attached hydrogens (primary N) is 1. The Hall–Kier alpha value is -2.67. The van der Waals surface area contributed by atoms with E-state index >= 15 is 0 Å². The molecule has 8 heteroatoms. The van der Waals surface area contributed by atoms with Crippen molar-refractivity contribution in [2.24, 2.45) is 0 Å². The largest absolute Gasteiger partial charge is 0.468 e. The topological polar surface area (TPSA) is 98.4 Å². The quantitative estimate of drug-likeness (QED) is 0.654. The Morgan fingerprint density at radius 3 is 2.54 bits per heavy atom. The molecule has 0 saturated carbocycles. The minimum absolute atomic E-state index is 0.0388. The first kappa shape index (κ1) is 18.1. The van der Waals surface area contributed by atoms with Crippen molar-refractivity contribution >= 4 is 35.0 Å².